The number of nitrogens with one attached hydrogen (secondary N) is 1. The largest absolute Gasteiger partial charge is 0.396 e. The summed E-state index contributed by atoms with van der Waals surface area (Å²) in [6.07, 6.45) is 0.440. The van der Waals surface area contributed by atoms with Crippen molar-refractivity contribution in [1.29, 1.82) is 0 Å². The number of carbonyl (C=O) groups is 2. The Kier molecular flexibility index (Phi) is 6.02. The van der Waals surface area contributed by atoms with Gasteiger partial charge >= 0.3 is 11.8 Å². The van der Waals surface area contributed by atoms with Crippen LogP contribution < -0.4 is 10.2 Å². The molecule has 1 rings (SSSR count). The van der Waals surface area contributed by atoms with Gasteiger partial charge in [-0.05, 0) is 38.0 Å². The maximum Gasteiger partial charge on any atom is 0.316 e. The van der Waals surface area contributed by atoms with E-state index in [1.807, 2.05) is 32.0 Å². The van der Waals surface area contributed by atoms with Crippen molar-refractivity contribution < 1.29 is 14.7 Å². The van der Waals surface area contributed by atoms with Gasteiger partial charge in [-0.15, -0.1) is 0 Å². The van der Waals surface area contributed by atoms with Gasteiger partial charge in [0.1, 0.15) is 0 Å². The van der Waals surface area contributed by atoms with Crippen molar-refractivity contribution in [3.05, 3.63) is 29.8 Å². The molecule has 1 aromatic rings. The minimum atomic E-state index is -0.642. The second kappa shape index (κ2) is 7.53. The maximum atomic E-state index is 12.0. The van der Waals surface area contributed by atoms with Crippen molar-refractivity contribution in [2.45, 2.75) is 20.3 Å². The molecule has 0 unspecified atom stereocenters. The van der Waals surface area contributed by atoms with E-state index in [1.54, 1.807) is 6.07 Å². The van der Waals surface area contributed by atoms with Crippen molar-refractivity contribution in [2.24, 2.45) is 0 Å². The first-order valence-electron chi connectivity index (χ1n) is 6.37. The SMILES string of the molecule is CCN(C(=O)C(=O)NCCCO)c1cccc(C)c1. The fraction of sp³-hybridized carbons (Fsp3) is 0.429. The monoisotopic (exact) mass is 264 g/mol. The summed E-state index contributed by atoms with van der Waals surface area (Å²) in [5.74, 6) is -1.22. The molecule has 0 aromatic heterocycles. The summed E-state index contributed by atoms with van der Waals surface area (Å²) >= 11 is 0. The number of rotatable bonds is 5. The molecule has 19 heavy (non-hydrogen) atoms. The van der Waals surface area contributed by atoms with Crippen molar-refractivity contribution in [3.8, 4) is 0 Å². The van der Waals surface area contributed by atoms with Crippen molar-refractivity contribution in [2.75, 3.05) is 24.6 Å². The lowest BCUT2D eigenvalue weighted by Crippen LogP contribution is -2.43. The number of benzene rings is 1. The zero-order valence-electron chi connectivity index (χ0n) is 11.3. The molecule has 0 radical (unpaired) electrons. The van der Waals surface area contributed by atoms with Gasteiger partial charge in [0.15, 0.2) is 0 Å². The van der Waals surface area contributed by atoms with E-state index in [9.17, 15) is 9.59 Å². The molecule has 2 N–H and O–H groups in total. The normalized spacial score (nSPS) is 10.1. The molecule has 0 heterocycles. The van der Waals surface area contributed by atoms with Crippen LogP contribution in [0, 0.1) is 6.92 Å². The highest BCUT2D eigenvalue weighted by molar-refractivity contribution is 6.40. The Bertz CT molecular complexity index is 446. The van der Waals surface area contributed by atoms with Crippen molar-refractivity contribution >= 4 is 17.5 Å². The molecule has 0 fully saturated rings. The Labute approximate surface area is 113 Å². The molecule has 0 aliphatic carbocycles. The van der Waals surface area contributed by atoms with E-state index in [0.717, 1.165) is 5.56 Å². The molecule has 0 aliphatic heterocycles. The fourth-order valence-corrected chi connectivity index (χ4v) is 1.72. The molecule has 104 valence electrons. The molecule has 0 saturated carbocycles. The van der Waals surface area contributed by atoms with E-state index >= 15 is 0 Å². The molecule has 2 amide bonds. The molecule has 0 atom stereocenters. The summed E-state index contributed by atoms with van der Waals surface area (Å²) in [5.41, 5.74) is 1.74. The zero-order valence-corrected chi connectivity index (χ0v) is 11.3. The number of hydrogen-bond donors (Lipinski definition) is 2. The van der Waals surface area contributed by atoms with Crippen LogP contribution in [0.15, 0.2) is 24.3 Å². The average Bonchev–Trinajstić information content (AvgIpc) is 2.39. The Balaban J connectivity index is 2.74. The summed E-state index contributed by atoms with van der Waals surface area (Å²) in [4.78, 5) is 25.2. The summed E-state index contributed by atoms with van der Waals surface area (Å²) in [5, 5.41) is 11.1. The number of nitrogens with zero attached hydrogens (tertiary/aromatic N) is 1. The standard InChI is InChI=1S/C14H20N2O3/c1-3-16(12-7-4-6-11(2)10-12)14(19)13(18)15-8-5-9-17/h4,6-7,10,17H,3,5,8-9H2,1-2H3,(H,15,18). The van der Waals surface area contributed by atoms with Gasteiger partial charge in [-0.25, -0.2) is 0 Å². The van der Waals surface area contributed by atoms with Crippen molar-refractivity contribution in [3.63, 3.8) is 0 Å². The summed E-state index contributed by atoms with van der Waals surface area (Å²) < 4.78 is 0. The molecular formula is C14H20N2O3. The molecule has 0 aliphatic rings. The van der Waals surface area contributed by atoms with Crippen LogP contribution >= 0.6 is 0 Å². The molecule has 0 bridgehead atoms. The highest BCUT2D eigenvalue weighted by Gasteiger charge is 2.21. The number of carbonyl (C=O) groups excluding carboxylic acids is 2. The third-order valence-electron chi connectivity index (χ3n) is 2.69. The highest BCUT2D eigenvalue weighted by atomic mass is 16.3. The first kappa shape index (κ1) is 15.2. The van der Waals surface area contributed by atoms with Gasteiger partial charge in [0.2, 0.25) is 0 Å². The first-order chi connectivity index (χ1) is 9.10. The Hall–Kier alpha value is -1.88. The summed E-state index contributed by atoms with van der Waals surface area (Å²) in [7, 11) is 0. The number of likely N-dealkylation sites (N-methyl/N-ethyl adjacent to an activating group) is 1. The van der Waals surface area contributed by atoms with Gasteiger partial charge < -0.3 is 15.3 Å². The number of aryl methyl sites for hydroxylation is 1. The lowest BCUT2D eigenvalue weighted by molar-refractivity contribution is -0.137. The third kappa shape index (κ3) is 4.37. The predicted molar refractivity (Wildman–Crippen MR) is 73.9 cm³/mol. The van der Waals surface area contributed by atoms with Gasteiger partial charge in [0, 0.05) is 25.4 Å². The molecule has 0 spiro atoms. The second-order valence-electron chi connectivity index (χ2n) is 4.22. The molecule has 5 heteroatoms. The zero-order chi connectivity index (χ0) is 14.3. The summed E-state index contributed by atoms with van der Waals surface area (Å²) in [6, 6.07) is 7.45. The number of anilines is 1. The quantitative estimate of drug-likeness (QED) is 0.612. The number of aliphatic hydroxyl groups is 1. The van der Waals surface area contributed by atoms with Crippen LogP contribution in [0.5, 0.6) is 0 Å². The Morgan fingerprint density at radius 3 is 2.68 bits per heavy atom. The molecule has 1 aromatic carbocycles. The van der Waals surface area contributed by atoms with Crippen LogP contribution in [0.4, 0.5) is 5.69 Å². The van der Waals surface area contributed by atoms with E-state index in [1.165, 1.54) is 4.90 Å². The number of aliphatic hydroxyl groups excluding tert-OH is 1. The second-order valence-corrected chi connectivity index (χ2v) is 4.22. The van der Waals surface area contributed by atoms with E-state index in [-0.39, 0.29) is 6.61 Å². The lowest BCUT2D eigenvalue weighted by atomic mass is 10.2. The van der Waals surface area contributed by atoms with Crippen LogP contribution in [-0.2, 0) is 9.59 Å². The maximum absolute atomic E-state index is 12.0. The van der Waals surface area contributed by atoms with Crippen molar-refractivity contribution in [1.82, 2.24) is 5.32 Å². The van der Waals surface area contributed by atoms with Gasteiger partial charge in [0.25, 0.3) is 0 Å². The van der Waals surface area contributed by atoms with E-state index in [0.29, 0.717) is 25.2 Å². The average molecular weight is 264 g/mol. The topological polar surface area (TPSA) is 69.6 Å². The van der Waals surface area contributed by atoms with Gasteiger partial charge in [-0.2, -0.15) is 0 Å². The lowest BCUT2D eigenvalue weighted by Gasteiger charge is -2.20. The molecule has 5 nitrogen and oxygen atoms in total. The minimum Gasteiger partial charge on any atom is -0.396 e. The van der Waals surface area contributed by atoms with Crippen LogP contribution in [0.2, 0.25) is 0 Å². The van der Waals surface area contributed by atoms with Crippen LogP contribution in [-0.4, -0.2) is 36.6 Å². The molecule has 0 saturated heterocycles. The van der Waals surface area contributed by atoms with Crippen LogP contribution in [0.25, 0.3) is 0 Å². The smallest absolute Gasteiger partial charge is 0.316 e. The van der Waals surface area contributed by atoms with Gasteiger partial charge in [0.05, 0.1) is 0 Å². The Morgan fingerprint density at radius 2 is 2.11 bits per heavy atom. The van der Waals surface area contributed by atoms with E-state index < -0.39 is 11.8 Å². The summed E-state index contributed by atoms with van der Waals surface area (Å²) in [6.45, 7) is 4.47. The Morgan fingerprint density at radius 1 is 1.37 bits per heavy atom. The van der Waals surface area contributed by atoms with Crippen LogP contribution in [0.1, 0.15) is 18.9 Å². The number of hydrogen-bond acceptors (Lipinski definition) is 3. The van der Waals surface area contributed by atoms with Crippen LogP contribution in [0.3, 0.4) is 0 Å². The number of amides is 2. The van der Waals surface area contributed by atoms with Gasteiger partial charge in [-0.3, -0.25) is 9.59 Å². The van der Waals surface area contributed by atoms with Gasteiger partial charge in [-0.1, -0.05) is 12.1 Å². The van der Waals surface area contributed by atoms with E-state index in [4.69, 9.17) is 5.11 Å². The first-order valence-corrected chi connectivity index (χ1v) is 6.37. The highest BCUT2D eigenvalue weighted by Crippen LogP contribution is 2.15. The molecular weight excluding hydrogens is 244 g/mol. The fourth-order valence-electron chi connectivity index (χ4n) is 1.72. The minimum absolute atomic E-state index is 0.0101. The third-order valence-corrected chi connectivity index (χ3v) is 2.69. The predicted octanol–water partition coefficient (Wildman–Crippen LogP) is 0.847. The van der Waals surface area contributed by atoms with E-state index in [2.05, 4.69) is 5.32 Å².